The summed E-state index contributed by atoms with van der Waals surface area (Å²) < 4.78 is 0. The molecule has 2 saturated carbocycles. The molecule has 0 aliphatic heterocycles. The van der Waals surface area contributed by atoms with E-state index in [9.17, 15) is 0 Å². The van der Waals surface area contributed by atoms with Gasteiger partial charge in [-0.15, -0.1) is 11.6 Å². The average molecular weight is 241 g/mol. The average Bonchev–Trinajstić information content (AvgIpc) is 2.15. The Kier molecular flexibility index (Phi) is 3.41. The van der Waals surface area contributed by atoms with Gasteiger partial charge in [0.05, 0.1) is 0 Å². The van der Waals surface area contributed by atoms with Crippen molar-refractivity contribution in [2.24, 2.45) is 23.7 Å². The van der Waals surface area contributed by atoms with Gasteiger partial charge in [0.15, 0.2) is 0 Å². The van der Waals surface area contributed by atoms with Gasteiger partial charge in [0.1, 0.15) is 0 Å². The van der Waals surface area contributed by atoms with Crippen LogP contribution in [0.5, 0.6) is 0 Å². The number of allylic oxidation sites excluding steroid dienone is 1. The maximum Gasteiger partial charge on any atom is 0.0421 e. The van der Waals surface area contributed by atoms with Crippen LogP contribution < -0.4 is 0 Å². The summed E-state index contributed by atoms with van der Waals surface area (Å²) >= 11 is 6.58. The van der Waals surface area contributed by atoms with Crippen molar-refractivity contribution in [2.75, 3.05) is 0 Å². The molecule has 0 radical (unpaired) electrons. The molecule has 0 amide bonds. The monoisotopic (exact) mass is 240 g/mol. The fourth-order valence-electron chi connectivity index (χ4n) is 4.06. The molecule has 0 aromatic carbocycles. The van der Waals surface area contributed by atoms with Gasteiger partial charge in [-0.25, -0.2) is 0 Å². The summed E-state index contributed by atoms with van der Waals surface area (Å²) in [4.78, 5) is 0.0475. The zero-order chi connectivity index (χ0) is 11.9. The van der Waals surface area contributed by atoms with Crippen LogP contribution in [-0.2, 0) is 0 Å². The fraction of sp³-hybridized carbons (Fsp3) is 0.867. The summed E-state index contributed by atoms with van der Waals surface area (Å²) in [5.41, 5.74) is 1.39. The van der Waals surface area contributed by atoms with Crippen LogP contribution in [-0.4, -0.2) is 4.87 Å². The molecule has 0 saturated heterocycles. The van der Waals surface area contributed by atoms with Gasteiger partial charge in [0.25, 0.3) is 0 Å². The summed E-state index contributed by atoms with van der Waals surface area (Å²) in [5.74, 6) is 3.34. The molecule has 0 N–H and O–H groups in total. The van der Waals surface area contributed by atoms with E-state index >= 15 is 0 Å². The molecule has 2 aliphatic carbocycles. The molecule has 5 atom stereocenters. The third-order valence-corrected chi connectivity index (χ3v) is 5.37. The third-order valence-electron chi connectivity index (χ3n) is 5.02. The van der Waals surface area contributed by atoms with Gasteiger partial charge in [-0.2, -0.15) is 0 Å². The van der Waals surface area contributed by atoms with Crippen LogP contribution in [0.15, 0.2) is 12.2 Å². The maximum absolute atomic E-state index is 6.58. The highest BCUT2D eigenvalue weighted by Gasteiger charge is 2.44. The molecule has 2 fully saturated rings. The standard InChI is InChI=1S/C15H25Cl/c1-10(2)12-6-5-11(3)13-7-8-15(4,16)9-14(12)13/h11-14H,1,5-9H2,2-4H3/t11-,12+,13+,14+,15?/m1/s1. The second-order valence-corrected chi connectivity index (χ2v) is 7.40. The van der Waals surface area contributed by atoms with Crippen LogP contribution in [0.3, 0.4) is 0 Å². The van der Waals surface area contributed by atoms with E-state index in [2.05, 4.69) is 27.4 Å². The van der Waals surface area contributed by atoms with E-state index < -0.39 is 0 Å². The highest BCUT2D eigenvalue weighted by molar-refractivity contribution is 6.23. The summed E-state index contributed by atoms with van der Waals surface area (Å²) in [5, 5.41) is 0. The van der Waals surface area contributed by atoms with Gasteiger partial charge in [0.2, 0.25) is 0 Å². The van der Waals surface area contributed by atoms with Crippen molar-refractivity contribution in [1.82, 2.24) is 0 Å². The first-order valence-electron chi connectivity index (χ1n) is 6.75. The Hall–Kier alpha value is 0.0300. The van der Waals surface area contributed by atoms with E-state index in [1.807, 2.05) is 0 Å². The molecular weight excluding hydrogens is 216 g/mol. The maximum atomic E-state index is 6.58. The summed E-state index contributed by atoms with van der Waals surface area (Å²) in [6.07, 6.45) is 6.45. The van der Waals surface area contributed by atoms with E-state index in [0.29, 0.717) is 0 Å². The van der Waals surface area contributed by atoms with Crippen molar-refractivity contribution in [1.29, 1.82) is 0 Å². The number of alkyl halides is 1. The lowest BCUT2D eigenvalue weighted by molar-refractivity contribution is 0.0606. The number of hydrogen-bond donors (Lipinski definition) is 0. The number of hydrogen-bond acceptors (Lipinski definition) is 0. The van der Waals surface area contributed by atoms with Crippen molar-refractivity contribution in [3.05, 3.63) is 12.2 Å². The first-order chi connectivity index (χ1) is 7.41. The fourth-order valence-corrected chi connectivity index (χ4v) is 4.34. The van der Waals surface area contributed by atoms with Crippen LogP contribution in [0, 0.1) is 23.7 Å². The Bertz CT molecular complexity index is 279. The predicted molar refractivity (Wildman–Crippen MR) is 71.8 cm³/mol. The lowest BCUT2D eigenvalue weighted by Crippen LogP contribution is -2.42. The Balaban J connectivity index is 2.18. The van der Waals surface area contributed by atoms with E-state index in [0.717, 1.165) is 23.7 Å². The van der Waals surface area contributed by atoms with E-state index in [1.165, 1.54) is 37.7 Å². The van der Waals surface area contributed by atoms with Crippen LogP contribution in [0.2, 0.25) is 0 Å². The van der Waals surface area contributed by atoms with E-state index in [4.69, 9.17) is 11.6 Å². The van der Waals surface area contributed by atoms with Gasteiger partial charge >= 0.3 is 0 Å². The molecule has 16 heavy (non-hydrogen) atoms. The zero-order valence-corrected chi connectivity index (χ0v) is 11.7. The number of rotatable bonds is 1. The van der Waals surface area contributed by atoms with Crippen molar-refractivity contribution in [3.8, 4) is 0 Å². The van der Waals surface area contributed by atoms with Crippen LogP contribution in [0.1, 0.15) is 52.9 Å². The van der Waals surface area contributed by atoms with Gasteiger partial charge in [-0.1, -0.05) is 19.1 Å². The molecule has 2 rings (SSSR count). The topological polar surface area (TPSA) is 0 Å². The first-order valence-corrected chi connectivity index (χ1v) is 7.13. The molecule has 1 heteroatoms. The van der Waals surface area contributed by atoms with Crippen LogP contribution in [0.4, 0.5) is 0 Å². The van der Waals surface area contributed by atoms with Gasteiger partial charge < -0.3 is 0 Å². The van der Waals surface area contributed by atoms with Gasteiger partial charge in [-0.3, -0.25) is 0 Å². The molecule has 0 spiro atoms. The second kappa shape index (κ2) is 4.37. The van der Waals surface area contributed by atoms with Crippen molar-refractivity contribution >= 4 is 11.6 Å². The first kappa shape index (κ1) is 12.5. The summed E-state index contributed by atoms with van der Waals surface area (Å²) in [6.45, 7) is 11.1. The predicted octanol–water partition coefficient (Wildman–Crippen LogP) is 5.02. The van der Waals surface area contributed by atoms with E-state index in [-0.39, 0.29) is 4.87 Å². The van der Waals surface area contributed by atoms with Gasteiger partial charge in [-0.05, 0) is 69.6 Å². The van der Waals surface area contributed by atoms with Crippen molar-refractivity contribution in [2.45, 2.75) is 57.7 Å². The van der Waals surface area contributed by atoms with Crippen LogP contribution in [0.25, 0.3) is 0 Å². The summed E-state index contributed by atoms with van der Waals surface area (Å²) in [7, 11) is 0. The molecule has 2 aliphatic rings. The molecule has 0 nitrogen and oxygen atoms in total. The SMILES string of the molecule is C=C(C)[C@@H]1CC[C@@H](C)[C@@H]2CCC(C)(Cl)C[C@H]21. The Morgan fingerprint density at radius 1 is 1.25 bits per heavy atom. The zero-order valence-electron chi connectivity index (χ0n) is 10.9. The molecule has 0 aromatic heterocycles. The van der Waals surface area contributed by atoms with Gasteiger partial charge in [0, 0.05) is 4.87 Å². The molecule has 0 aromatic rings. The van der Waals surface area contributed by atoms with Crippen LogP contribution >= 0.6 is 11.6 Å². The minimum atomic E-state index is 0.0475. The Morgan fingerprint density at radius 2 is 1.94 bits per heavy atom. The molecule has 0 heterocycles. The third kappa shape index (κ3) is 2.32. The lowest BCUT2D eigenvalue weighted by Gasteiger charge is -2.49. The minimum absolute atomic E-state index is 0.0475. The Morgan fingerprint density at radius 3 is 2.56 bits per heavy atom. The lowest BCUT2D eigenvalue weighted by atomic mass is 9.58. The summed E-state index contributed by atoms with van der Waals surface area (Å²) in [6, 6.07) is 0. The highest BCUT2D eigenvalue weighted by atomic mass is 35.5. The quantitative estimate of drug-likeness (QED) is 0.446. The van der Waals surface area contributed by atoms with Crippen molar-refractivity contribution < 1.29 is 0 Å². The Labute approximate surface area is 105 Å². The highest BCUT2D eigenvalue weighted by Crippen LogP contribution is 2.52. The number of halogens is 1. The molecule has 1 unspecified atom stereocenters. The second-order valence-electron chi connectivity index (χ2n) is 6.49. The smallest absolute Gasteiger partial charge is 0.0421 e. The number of fused-ring (bicyclic) bond motifs is 1. The molecule has 92 valence electrons. The minimum Gasteiger partial charge on any atom is -0.120 e. The normalized spacial score (nSPS) is 48.5. The largest absolute Gasteiger partial charge is 0.120 e. The molecular formula is C15H25Cl. The van der Waals surface area contributed by atoms with Crippen molar-refractivity contribution in [3.63, 3.8) is 0 Å². The van der Waals surface area contributed by atoms with E-state index in [1.54, 1.807) is 0 Å². The molecule has 0 bridgehead atoms.